The van der Waals surface area contributed by atoms with Gasteiger partial charge in [-0.3, -0.25) is 0 Å². The van der Waals surface area contributed by atoms with E-state index in [-0.39, 0.29) is 10.8 Å². The Morgan fingerprint density at radius 3 is 0.694 bits per heavy atom. The van der Waals surface area contributed by atoms with Gasteiger partial charge in [-0.25, -0.2) is 0 Å². The number of hydrogen-bond donors (Lipinski definition) is 0. The van der Waals surface area contributed by atoms with Gasteiger partial charge in [0.2, 0.25) is 0 Å². The van der Waals surface area contributed by atoms with Crippen molar-refractivity contribution in [3.05, 3.63) is 117 Å². The Morgan fingerprint density at radius 2 is 0.532 bits per heavy atom. The second kappa shape index (κ2) is 18.8. The highest BCUT2D eigenvalue weighted by Gasteiger charge is 2.44. The topological polar surface area (TPSA) is 0 Å². The SMILES string of the molecule is C#CCC1(CC#C)c2cc(CCC(C)(C)C)ccc2-c2ccc(CCC(C)(C)C)cc21.C#CCC1(CC#C)c2cc(CCC(C)(C)C)ccc2-c2ccc(CCC(C)(C)C)cc21. The van der Waals surface area contributed by atoms with E-state index in [1.165, 1.54) is 66.8 Å². The molecule has 62 heavy (non-hydrogen) atoms. The standard InChI is InChI=1S/2C31H38/c2*1-9-17-31(18-10-2)27-21-23(15-19-29(3,4)5)11-13-25(27)26-14-12-24(22-28(26)31)16-20-30(6,7)8/h2*1-2,11-14,21-22H,15-20H2,3-8H3. The van der Waals surface area contributed by atoms with Crippen LogP contribution in [-0.4, -0.2) is 0 Å². The number of aryl methyl sites for hydroxylation is 4. The lowest BCUT2D eigenvalue weighted by molar-refractivity contribution is 0.377. The van der Waals surface area contributed by atoms with E-state index in [1.807, 2.05) is 0 Å². The Balaban J connectivity index is 0.000000234. The summed E-state index contributed by atoms with van der Waals surface area (Å²) in [6, 6.07) is 28.0. The van der Waals surface area contributed by atoms with Gasteiger partial charge in [0, 0.05) is 36.5 Å². The van der Waals surface area contributed by atoms with Gasteiger partial charge in [-0.15, -0.1) is 49.4 Å². The second-order valence-electron chi connectivity index (χ2n) is 23.5. The van der Waals surface area contributed by atoms with Gasteiger partial charge in [0.25, 0.3) is 0 Å². The first-order valence-corrected chi connectivity index (χ1v) is 23.3. The van der Waals surface area contributed by atoms with E-state index < -0.39 is 0 Å². The molecule has 0 heteroatoms. The van der Waals surface area contributed by atoms with Gasteiger partial charge < -0.3 is 0 Å². The van der Waals surface area contributed by atoms with Crippen molar-refractivity contribution in [2.75, 3.05) is 0 Å². The molecule has 0 aliphatic heterocycles. The summed E-state index contributed by atoms with van der Waals surface area (Å²) in [4.78, 5) is 0. The predicted octanol–water partition coefficient (Wildman–Crippen LogP) is 15.9. The zero-order valence-corrected chi connectivity index (χ0v) is 40.7. The first-order chi connectivity index (χ1) is 29.0. The maximum atomic E-state index is 5.93. The Bertz CT molecular complexity index is 2040. The summed E-state index contributed by atoms with van der Waals surface area (Å²) in [6.07, 6.45) is 35.2. The van der Waals surface area contributed by atoms with Gasteiger partial charge in [0.15, 0.2) is 0 Å². The molecule has 0 N–H and O–H groups in total. The summed E-state index contributed by atoms with van der Waals surface area (Å²) in [5.41, 5.74) is 16.8. The molecular formula is C62H76. The lowest BCUT2D eigenvalue weighted by atomic mass is 9.72. The zero-order valence-electron chi connectivity index (χ0n) is 40.7. The Labute approximate surface area is 379 Å². The normalized spacial score (nSPS) is 14.5. The molecule has 0 amide bonds. The molecule has 0 atom stereocenters. The molecule has 4 aromatic rings. The van der Waals surface area contributed by atoms with Gasteiger partial charge in [0.05, 0.1) is 0 Å². The third-order valence-electron chi connectivity index (χ3n) is 13.2. The minimum absolute atomic E-state index is 0.274. The zero-order chi connectivity index (χ0) is 45.7. The van der Waals surface area contributed by atoms with Crippen LogP contribution in [0.15, 0.2) is 72.8 Å². The van der Waals surface area contributed by atoms with Crippen molar-refractivity contribution in [2.45, 2.75) is 171 Å². The summed E-state index contributed by atoms with van der Waals surface area (Å²) in [6.45, 7) is 27.6. The van der Waals surface area contributed by atoms with Gasteiger partial charge in [-0.1, -0.05) is 156 Å². The maximum Gasteiger partial charge on any atom is 0.0433 e. The van der Waals surface area contributed by atoms with Crippen molar-refractivity contribution in [3.8, 4) is 71.6 Å². The number of fused-ring (bicyclic) bond motifs is 6. The number of hydrogen-bond acceptors (Lipinski definition) is 0. The van der Waals surface area contributed by atoms with E-state index in [0.717, 1.165) is 51.4 Å². The largest absolute Gasteiger partial charge is 0.120 e. The summed E-state index contributed by atoms with van der Waals surface area (Å²) < 4.78 is 0. The molecule has 0 heterocycles. The van der Waals surface area contributed by atoms with Gasteiger partial charge >= 0.3 is 0 Å². The molecule has 6 rings (SSSR count). The molecule has 2 aliphatic carbocycles. The van der Waals surface area contributed by atoms with E-state index >= 15 is 0 Å². The van der Waals surface area contributed by atoms with Crippen LogP contribution in [0.1, 0.15) is 179 Å². The van der Waals surface area contributed by atoms with Crippen LogP contribution in [0.25, 0.3) is 22.3 Å². The fraction of sp³-hybridized carbons (Fsp3) is 0.484. The second-order valence-corrected chi connectivity index (χ2v) is 23.5. The smallest absolute Gasteiger partial charge is 0.0433 e. The molecule has 2 aliphatic rings. The third-order valence-corrected chi connectivity index (χ3v) is 13.2. The van der Waals surface area contributed by atoms with Crippen LogP contribution >= 0.6 is 0 Å². The first kappa shape index (κ1) is 48.2. The van der Waals surface area contributed by atoms with Crippen LogP contribution in [0.4, 0.5) is 0 Å². The van der Waals surface area contributed by atoms with Crippen LogP contribution in [-0.2, 0) is 36.5 Å². The number of benzene rings is 4. The molecule has 0 saturated heterocycles. The van der Waals surface area contributed by atoms with Crippen LogP contribution in [0.2, 0.25) is 0 Å². The molecule has 4 aromatic carbocycles. The van der Waals surface area contributed by atoms with E-state index in [1.54, 1.807) is 0 Å². The fourth-order valence-corrected chi connectivity index (χ4v) is 9.46. The molecule has 0 nitrogen and oxygen atoms in total. The highest BCUT2D eigenvalue weighted by atomic mass is 14.5. The van der Waals surface area contributed by atoms with E-state index in [4.69, 9.17) is 25.7 Å². The fourth-order valence-electron chi connectivity index (χ4n) is 9.46. The monoisotopic (exact) mass is 821 g/mol. The van der Waals surface area contributed by atoms with Gasteiger partial charge in [-0.2, -0.15) is 0 Å². The quantitative estimate of drug-likeness (QED) is 0.125. The lowest BCUT2D eigenvalue weighted by Gasteiger charge is -2.29. The first-order valence-electron chi connectivity index (χ1n) is 23.3. The molecule has 0 bridgehead atoms. The van der Waals surface area contributed by atoms with Crippen LogP contribution < -0.4 is 0 Å². The van der Waals surface area contributed by atoms with Crippen LogP contribution in [0.3, 0.4) is 0 Å². The predicted molar refractivity (Wildman–Crippen MR) is 270 cm³/mol. The minimum atomic E-state index is -0.274. The van der Waals surface area contributed by atoms with Crippen molar-refractivity contribution in [1.82, 2.24) is 0 Å². The molecule has 0 radical (unpaired) electrons. The highest BCUT2D eigenvalue weighted by Crippen LogP contribution is 2.55. The van der Waals surface area contributed by atoms with Crippen LogP contribution in [0.5, 0.6) is 0 Å². The average Bonchev–Trinajstić information content (AvgIpc) is 3.59. The van der Waals surface area contributed by atoms with Gasteiger partial charge in [-0.05, 0) is 140 Å². The van der Waals surface area contributed by atoms with Crippen molar-refractivity contribution >= 4 is 0 Å². The molecule has 0 saturated carbocycles. The molecule has 0 aromatic heterocycles. The van der Waals surface area contributed by atoms with Crippen molar-refractivity contribution in [1.29, 1.82) is 0 Å². The maximum absolute atomic E-state index is 5.93. The Morgan fingerprint density at radius 1 is 0.339 bits per heavy atom. The third kappa shape index (κ3) is 11.4. The van der Waals surface area contributed by atoms with Crippen molar-refractivity contribution < 1.29 is 0 Å². The van der Waals surface area contributed by atoms with E-state index in [0.29, 0.717) is 47.3 Å². The lowest BCUT2D eigenvalue weighted by Crippen LogP contribution is -2.24. The number of rotatable bonds is 12. The van der Waals surface area contributed by atoms with Crippen molar-refractivity contribution in [3.63, 3.8) is 0 Å². The van der Waals surface area contributed by atoms with E-state index in [9.17, 15) is 0 Å². The van der Waals surface area contributed by atoms with Crippen LogP contribution in [0, 0.1) is 71.0 Å². The van der Waals surface area contributed by atoms with E-state index in [2.05, 4.69) is 180 Å². The highest BCUT2D eigenvalue weighted by molar-refractivity contribution is 5.83. The average molecular weight is 821 g/mol. The number of terminal acetylenes is 4. The minimum Gasteiger partial charge on any atom is -0.120 e. The molecule has 0 unspecified atom stereocenters. The Kier molecular flexibility index (Phi) is 14.6. The molecular weight excluding hydrogens is 745 g/mol. The molecule has 0 fully saturated rings. The van der Waals surface area contributed by atoms with Crippen molar-refractivity contribution in [2.24, 2.45) is 21.7 Å². The summed E-state index contributed by atoms with van der Waals surface area (Å²) in [5, 5.41) is 0. The Hall–Kier alpha value is -4.88. The summed E-state index contributed by atoms with van der Waals surface area (Å²) in [5.74, 6) is 11.9. The molecule has 324 valence electrons. The van der Waals surface area contributed by atoms with Gasteiger partial charge in [0.1, 0.15) is 0 Å². The summed E-state index contributed by atoms with van der Waals surface area (Å²) in [7, 11) is 0. The molecule has 0 spiro atoms. The summed E-state index contributed by atoms with van der Waals surface area (Å²) >= 11 is 0.